The van der Waals surface area contributed by atoms with E-state index < -0.39 is 5.82 Å². The van der Waals surface area contributed by atoms with Gasteiger partial charge in [0.25, 0.3) is 0 Å². The first kappa shape index (κ1) is 19.8. The van der Waals surface area contributed by atoms with E-state index in [1.807, 2.05) is 11.4 Å². The van der Waals surface area contributed by atoms with Crippen LogP contribution in [0.5, 0.6) is 11.6 Å². The number of morpholine rings is 1. The highest BCUT2D eigenvalue weighted by molar-refractivity contribution is 7.18. The Bertz CT molecular complexity index is 1180. The van der Waals surface area contributed by atoms with Crippen LogP contribution < -0.4 is 4.74 Å². The molecule has 30 heavy (non-hydrogen) atoms. The van der Waals surface area contributed by atoms with Crippen LogP contribution in [0, 0.1) is 5.82 Å². The second kappa shape index (κ2) is 8.56. The van der Waals surface area contributed by atoms with E-state index in [0.29, 0.717) is 37.2 Å². The molecule has 1 saturated heterocycles. The Labute approximate surface area is 185 Å². The topological polar surface area (TPSA) is 47.5 Å². The summed E-state index contributed by atoms with van der Waals surface area (Å²) in [5.74, 6) is 1.09. The van der Waals surface area contributed by atoms with Gasteiger partial charge in [-0.25, -0.2) is 9.37 Å². The monoisotopic (exact) mass is 461 g/mol. The molecule has 0 amide bonds. The summed E-state index contributed by atoms with van der Waals surface area (Å²) in [7, 11) is 0. The summed E-state index contributed by atoms with van der Waals surface area (Å²) in [5.41, 5.74) is 1.03. The summed E-state index contributed by atoms with van der Waals surface area (Å²) in [6.45, 7) is 3.72. The Balaban J connectivity index is 1.58. The van der Waals surface area contributed by atoms with E-state index in [1.54, 1.807) is 28.7 Å². The van der Waals surface area contributed by atoms with Crippen LogP contribution >= 0.6 is 34.3 Å². The molecule has 3 aromatic heterocycles. The number of benzene rings is 1. The molecule has 5 rings (SSSR count). The number of halogens is 2. The summed E-state index contributed by atoms with van der Waals surface area (Å²) in [6.07, 6.45) is 0. The summed E-state index contributed by atoms with van der Waals surface area (Å²) >= 11 is 9.16. The first-order valence-corrected chi connectivity index (χ1v) is 11.6. The number of rotatable bonds is 5. The van der Waals surface area contributed by atoms with E-state index in [1.165, 1.54) is 12.1 Å². The number of thiophene rings is 2. The molecule has 0 saturated carbocycles. The molecule has 4 aromatic rings. The highest BCUT2D eigenvalue weighted by Gasteiger charge is 2.20. The molecule has 5 nitrogen and oxygen atoms in total. The molecule has 0 N–H and O–H groups in total. The second-order valence-electron chi connectivity index (χ2n) is 6.82. The Morgan fingerprint density at radius 2 is 2.03 bits per heavy atom. The van der Waals surface area contributed by atoms with Gasteiger partial charge in [0.15, 0.2) is 0 Å². The third kappa shape index (κ3) is 4.06. The third-order valence-electron chi connectivity index (χ3n) is 4.81. The average molecular weight is 462 g/mol. The largest absolute Gasteiger partial charge is 0.438 e. The average Bonchev–Trinajstić information content (AvgIpc) is 3.41. The predicted octanol–water partition coefficient (Wildman–Crippen LogP) is 5.84. The fraction of sp³-hybridized carbons (Fsp3) is 0.238. The van der Waals surface area contributed by atoms with Gasteiger partial charge in [0, 0.05) is 35.0 Å². The van der Waals surface area contributed by atoms with Gasteiger partial charge in [-0.05, 0) is 23.6 Å². The van der Waals surface area contributed by atoms with Crippen molar-refractivity contribution >= 4 is 44.5 Å². The molecule has 1 aliphatic rings. The van der Waals surface area contributed by atoms with Crippen molar-refractivity contribution in [3.05, 3.63) is 57.8 Å². The molecule has 1 fully saturated rings. The molecule has 1 aliphatic heterocycles. The SMILES string of the molecule is Fc1ccc(Oc2nc(CN3CCOCC3)nc3scc(-c4cccs4)c23)cc1Cl. The zero-order chi connectivity index (χ0) is 20.5. The molecule has 154 valence electrons. The molecular formula is C21H17ClFN3O2S2. The van der Waals surface area contributed by atoms with Crippen molar-refractivity contribution < 1.29 is 13.9 Å². The number of hydrogen-bond donors (Lipinski definition) is 0. The first-order valence-electron chi connectivity index (χ1n) is 9.42. The fourth-order valence-electron chi connectivity index (χ4n) is 3.32. The fourth-order valence-corrected chi connectivity index (χ4v) is 5.26. The number of hydrogen-bond acceptors (Lipinski definition) is 7. The van der Waals surface area contributed by atoms with E-state index in [0.717, 1.165) is 33.7 Å². The van der Waals surface area contributed by atoms with E-state index in [9.17, 15) is 4.39 Å². The van der Waals surface area contributed by atoms with Crippen LogP contribution in [0.15, 0.2) is 41.1 Å². The van der Waals surface area contributed by atoms with Crippen LogP contribution in [0.4, 0.5) is 4.39 Å². The van der Waals surface area contributed by atoms with Crippen LogP contribution in [-0.4, -0.2) is 41.2 Å². The third-order valence-corrected chi connectivity index (χ3v) is 6.87. The molecule has 9 heteroatoms. The Morgan fingerprint density at radius 1 is 1.17 bits per heavy atom. The lowest BCUT2D eigenvalue weighted by molar-refractivity contribution is 0.0330. The molecule has 0 aliphatic carbocycles. The molecule has 0 atom stereocenters. The van der Waals surface area contributed by atoms with Crippen LogP contribution in [0.2, 0.25) is 5.02 Å². The minimum Gasteiger partial charge on any atom is -0.438 e. The molecule has 0 unspecified atom stereocenters. The maximum absolute atomic E-state index is 13.6. The van der Waals surface area contributed by atoms with Crippen molar-refractivity contribution in [2.75, 3.05) is 26.3 Å². The number of aromatic nitrogens is 2. The van der Waals surface area contributed by atoms with E-state index in [2.05, 4.69) is 16.3 Å². The second-order valence-corrected chi connectivity index (χ2v) is 9.03. The predicted molar refractivity (Wildman–Crippen MR) is 118 cm³/mol. The quantitative estimate of drug-likeness (QED) is 0.374. The van der Waals surface area contributed by atoms with Gasteiger partial charge in [0.05, 0.1) is 30.2 Å². The lowest BCUT2D eigenvalue weighted by Gasteiger charge is -2.25. The number of fused-ring (bicyclic) bond motifs is 1. The van der Waals surface area contributed by atoms with Crippen molar-refractivity contribution in [2.24, 2.45) is 0 Å². The van der Waals surface area contributed by atoms with Crippen molar-refractivity contribution in [3.63, 3.8) is 0 Å². The Morgan fingerprint density at radius 3 is 2.80 bits per heavy atom. The number of ether oxygens (including phenoxy) is 2. The molecular weight excluding hydrogens is 445 g/mol. The maximum atomic E-state index is 13.6. The summed E-state index contributed by atoms with van der Waals surface area (Å²) < 4.78 is 25.1. The maximum Gasteiger partial charge on any atom is 0.232 e. The normalized spacial score (nSPS) is 15.0. The van der Waals surface area contributed by atoms with Crippen LogP contribution in [0.25, 0.3) is 20.7 Å². The molecule has 0 bridgehead atoms. The van der Waals surface area contributed by atoms with Gasteiger partial charge in [-0.3, -0.25) is 4.90 Å². The minimum atomic E-state index is -0.486. The summed E-state index contributed by atoms with van der Waals surface area (Å²) in [5, 5.41) is 4.98. The zero-order valence-electron chi connectivity index (χ0n) is 15.8. The Kier molecular flexibility index (Phi) is 5.66. The highest BCUT2D eigenvalue weighted by atomic mass is 35.5. The standard InChI is InChI=1S/C21H17ClFN3O2S2/c22-15-10-13(3-4-16(15)23)28-20-19-14(17-2-1-9-29-17)12-30-21(19)25-18(24-20)11-26-5-7-27-8-6-26/h1-4,9-10,12H,5-8,11H2. The van der Waals surface area contributed by atoms with E-state index in [-0.39, 0.29) is 5.02 Å². The van der Waals surface area contributed by atoms with Gasteiger partial charge in [-0.1, -0.05) is 17.7 Å². The van der Waals surface area contributed by atoms with Crippen molar-refractivity contribution in [1.29, 1.82) is 0 Å². The first-order chi connectivity index (χ1) is 14.7. The van der Waals surface area contributed by atoms with Gasteiger partial charge in [0.1, 0.15) is 22.2 Å². The lowest BCUT2D eigenvalue weighted by Crippen LogP contribution is -2.36. The molecule has 4 heterocycles. The zero-order valence-corrected chi connectivity index (χ0v) is 18.2. The van der Waals surface area contributed by atoms with Gasteiger partial charge >= 0.3 is 0 Å². The van der Waals surface area contributed by atoms with Crippen molar-refractivity contribution in [1.82, 2.24) is 14.9 Å². The van der Waals surface area contributed by atoms with Crippen molar-refractivity contribution in [2.45, 2.75) is 6.54 Å². The molecule has 0 radical (unpaired) electrons. The van der Waals surface area contributed by atoms with Crippen molar-refractivity contribution in [3.8, 4) is 22.1 Å². The van der Waals surface area contributed by atoms with E-state index in [4.69, 9.17) is 31.0 Å². The molecule has 0 spiro atoms. The number of nitrogens with zero attached hydrogens (tertiary/aromatic N) is 3. The van der Waals surface area contributed by atoms with E-state index >= 15 is 0 Å². The highest BCUT2D eigenvalue weighted by Crippen LogP contribution is 2.41. The molecule has 1 aromatic carbocycles. The summed E-state index contributed by atoms with van der Waals surface area (Å²) in [4.78, 5) is 13.8. The smallest absolute Gasteiger partial charge is 0.232 e. The Hall–Kier alpha value is -2.10. The van der Waals surface area contributed by atoms with Crippen LogP contribution in [-0.2, 0) is 11.3 Å². The minimum absolute atomic E-state index is 0.00939. The summed E-state index contributed by atoms with van der Waals surface area (Å²) in [6, 6.07) is 8.37. The van der Waals surface area contributed by atoms with Crippen LogP contribution in [0.1, 0.15) is 5.82 Å². The van der Waals surface area contributed by atoms with Gasteiger partial charge in [-0.15, -0.1) is 22.7 Å². The van der Waals surface area contributed by atoms with Gasteiger partial charge in [0.2, 0.25) is 5.88 Å². The van der Waals surface area contributed by atoms with Gasteiger partial charge < -0.3 is 9.47 Å². The lowest BCUT2D eigenvalue weighted by atomic mass is 10.2. The van der Waals surface area contributed by atoms with Crippen LogP contribution in [0.3, 0.4) is 0 Å². The van der Waals surface area contributed by atoms with Gasteiger partial charge in [-0.2, -0.15) is 4.98 Å².